The van der Waals surface area contributed by atoms with Gasteiger partial charge in [-0.2, -0.15) is 0 Å². The van der Waals surface area contributed by atoms with Gasteiger partial charge in [-0.3, -0.25) is 14.9 Å². The predicted octanol–water partition coefficient (Wildman–Crippen LogP) is -1.91. The van der Waals surface area contributed by atoms with Crippen LogP contribution < -0.4 is 16.4 Å². The highest BCUT2D eigenvalue weighted by Gasteiger charge is 2.28. The van der Waals surface area contributed by atoms with Crippen molar-refractivity contribution in [1.29, 1.82) is 0 Å². The second kappa shape index (κ2) is 5.71. The maximum Gasteiger partial charge on any atom is 0.326 e. The number of amides is 2. The zero-order valence-electron chi connectivity index (χ0n) is 8.43. The number of rotatable bonds is 5. The Morgan fingerprint density at radius 3 is 2.69 bits per heavy atom. The fourth-order valence-corrected chi connectivity index (χ4v) is 2.18. The number of aliphatic carboxylic acids is 1. The first-order chi connectivity index (χ1) is 7.50. The number of carbonyl (C=O) groups excluding carboxylic acids is 2. The number of hydrogen-bond acceptors (Lipinski definition) is 5. The third-order valence-corrected chi connectivity index (χ3v) is 2.99. The Hall–Kier alpha value is -1.28. The topological polar surface area (TPSA) is 122 Å². The molecule has 2 amide bonds. The molecule has 0 saturated carbocycles. The Kier molecular flexibility index (Phi) is 4.56. The van der Waals surface area contributed by atoms with Gasteiger partial charge in [0.1, 0.15) is 6.04 Å². The molecule has 0 aromatic rings. The van der Waals surface area contributed by atoms with E-state index in [4.69, 9.17) is 10.8 Å². The molecule has 0 spiro atoms. The Morgan fingerprint density at radius 1 is 1.56 bits per heavy atom. The summed E-state index contributed by atoms with van der Waals surface area (Å²) in [5.41, 5.74) is 4.89. The number of primary amides is 1. The van der Waals surface area contributed by atoms with Gasteiger partial charge in [-0.15, -0.1) is 11.8 Å². The summed E-state index contributed by atoms with van der Waals surface area (Å²) in [6, 6.07) is -1.66. The number of nitrogens with one attached hydrogen (secondary N) is 2. The highest BCUT2D eigenvalue weighted by Crippen LogP contribution is 2.09. The SMILES string of the molecule is NC(=O)CC(NC(=O)C1CSCN1)C(=O)O. The number of carboxylic acids is 1. The van der Waals surface area contributed by atoms with E-state index in [-0.39, 0.29) is 0 Å². The van der Waals surface area contributed by atoms with Crippen LogP contribution in [0.4, 0.5) is 0 Å². The molecule has 2 unspecified atom stereocenters. The summed E-state index contributed by atoms with van der Waals surface area (Å²) in [5.74, 6) is -1.20. The Labute approximate surface area is 96.1 Å². The Morgan fingerprint density at radius 2 is 2.25 bits per heavy atom. The molecule has 8 heteroatoms. The number of hydrogen-bond donors (Lipinski definition) is 4. The lowest BCUT2D eigenvalue weighted by atomic mass is 10.2. The molecular weight excluding hydrogens is 234 g/mol. The maximum atomic E-state index is 11.5. The standard InChI is InChI=1S/C8H13N3O4S/c9-6(12)1-4(8(14)15)11-7(13)5-2-16-3-10-5/h4-5,10H,1-3H2,(H2,9,12)(H,11,13)(H,14,15). The molecule has 90 valence electrons. The van der Waals surface area contributed by atoms with Crippen LogP contribution in [0.25, 0.3) is 0 Å². The van der Waals surface area contributed by atoms with Crippen molar-refractivity contribution in [3.63, 3.8) is 0 Å². The van der Waals surface area contributed by atoms with Crippen molar-refractivity contribution in [3.8, 4) is 0 Å². The van der Waals surface area contributed by atoms with Crippen molar-refractivity contribution < 1.29 is 19.5 Å². The van der Waals surface area contributed by atoms with Gasteiger partial charge in [0.2, 0.25) is 11.8 Å². The molecule has 1 rings (SSSR count). The van der Waals surface area contributed by atoms with E-state index in [9.17, 15) is 14.4 Å². The third-order valence-electron chi connectivity index (χ3n) is 2.05. The highest BCUT2D eigenvalue weighted by molar-refractivity contribution is 7.99. The minimum Gasteiger partial charge on any atom is -0.480 e. The Balaban J connectivity index is 2.50. The average molecular weight is 247 g/mol. The zero-order valence-corrected chi connectivity index (χ0v) is 9.25. The Bertz CT molecular complexity index is 304. The monoisotopic (exact) mass is 247 g/mol. The van der Waals surface area contributed by atoms with Crippen LogP contribution in [0.3, 0.4) is 0 Å². The summed E-state index contributed by atoms with van der Waals surface area (Å²) in [6.07, 6.45) is -0.402. The van der Waals surface area contributed by atoms with Crippen LogP contribution >= 0.6 is 11.8 Å². The van der Waals surface area contributed by atoms with Gasteiger partial charge < -0.3 is 16.2 Å². The molecule has 1 fully saturated rings. The summed E-state index contributed by atoms with van der Waals surface area (Å²) < 4.78 is 0. The van der Waals surface area contributed by atoms with Crippen LogP contribution in [0.2, 0.25) is 0 Å². The minimum absolute atomic E-state index is 0.402. The van der Waals surface area contributed by atoms with E-state index in [0.29, 0.717) is 11.6 Å². The molecule has 5 N–H and O–H groups in total. The molecule has 0 aromatic carbocycles. The first kappa shape index (κ1) is 12.8. The van der Waals surface area contributed by atoms with E-state index in [0.717, 1.165) is 0 Å². The van der Waals surface area contributed by atoms with Crippen LogP contribution in [0.1, 0.15) is 6.42 Å². The lowest BCUT2D eigenvalue weighted by Crippen LogP contribution is -2.50. The van der Waals surface area contributed by atoms with Crippen LogP contribution in [-0.4, -0.2) is 46.6 Å². The maximum absolute atomic E-state index is 11.5. The summed E-state index contributed by atoms with van der Waals surface area (Å²) in [5, 5.41) is 13.9. The van der Waals surface area contributed by atoms with Gasteiger partial charge in [0, 0.05) is 11.6 Å². The minimum atomic E-state index is -1.27. The van der Waals surface area contributed by atoms with Gasteiger partial charge in [0.05, 0.1) is 12.5 Å². The van der Waals surface area contributed by atoms with Gasteiger partial charge in [0.15, 0.2) is 0 Å². The molecule has 16 heavy (non-hydrogen) atoms. The number of carbonyl (C=O) groups is 3. The van der Waals surface area contributed by atoms with E-state index < -0.39 is 36.3 Å². The van der Waals surface area contributed by atoms with Crippen molar-refractivity contribution in [1.82, 2.24) is 10.6 Å². The van der Waals surface area contributed by atoms with Crippen molar-refractivity contribution >= 4 is 29.5 Å². The number of nitrogens with two attached hydrogens (primary N) is 1. The van der Waals surface area contributed by atoms with E-state index in [1.807, 2.05) is 0 Å². The molecule has 0 aliphatic carbocycles. The quantitative estimate of drug-likeness (QED) is 0.450. The summed E-state index contributed by atoms with van der Waals surface area (Å²) in [4.78, 5) is 32.9. The van der Waals surface area contributed by atoms with Gasteiger partial charge >= 0.3 is 5.97 Å². The normalized spacial score (nSPS) is 21.4. The van der Waals surface area contributed by atoms with Crippen LogP contribution in [0.5, 0.6) is 0 Å². The first-order valence-corrected chi connectivity index (χ1v) is 5.79. The average Bonchev–Trinajstić information content (AvgIpc) is 2.68. The molecule has 0 radical (unpaired) electrons. The molecule has 0 bridgehead atoms. The molecule has 2 atom stereocenters. The first-order valence-electron chi connectivity index (χ1n) is 4.63. The van der Waals surface area contributed by atoms with E-state index in [1.165, 1.54) is 0 Å². The van der Waals surface area contributed by atoms with E-state index in [2.05, 4.69) is 10.6 Å². The smallest absolute Gasteiger partial charge is 0.326 e. The zero-order chi connectivity index (χ0) is 12.1. The highest BCUT2D eigenvalue weighted by atomic mass is 32.2. The molecule has 1 heterocycles. The molecule has 1 saturated heterocycles. The molecule has 0 aromatic heterocycles. The second-order valence-corrected chi connectivity index (χ2v) is 4.37. The van der Waals surface area contributed by atoms with Gasteiger partial charge in [0.25, 0.3) is 0 Å². The largest absolute Gasteiger partial charge is 0.480 e. The summed E-state index contributed by atoms with van der Waals surface area (Å²) in [7, 11) is 0. The van der Waals surface area contributed by atoms with Crippen molar-refractivity contribution in [2.45, 2.75) is 18.5 Å². The van der Waals surface area contributed by atoms with Crippen LogP contribution in [-0.2, 0) is 14.4 Å². The fraction of sp³-hybridized carbons (Fsp3) is 0.625. The lowest BCUT2D eigenvalue weighted by molar-refractivity contribution is -0.143. The second-order valence-electron chi connectivity index (χ2n) is 3.34. The predicted molar refractivity (Wildman–Crippen MR) is 57.6 cm³/mol. The molecule has 7 nitrogen and oxygen atoms in total. The molecular formula is C8H13N3O4S. The van der Waals surface area contributed by atoms with Crippen molar-refractivity contribution in [2.24, 2.45) is 5.73 Å². The van der Waals surface area contributed by atoms with Gasteiger partial charge in [-0.25, -0.2) is 4.79 Å². The van der Waals surface area contributed by atoms with Crippen molar-refractivity contribution in [3.05, 3.63) is 0 Å². The summed E-state index contributed by atoms with van der Waals surface area (Å²) in [6.45, 7) is 0. The van der Waals surface area contributed by atoms with Crippen molar-refractivity contribution in [2.75, 3.05) is 11.6 Å². The fourth-order valence-electron chi connectivity index (χ4n) is 1.24. The molecule has 1 aliphatic rings. The molecule has 1 aliphatic heterocycles. The van der Waals surface area contributed by atoms with Gasteiger partial charge in [-0.05, 0) is 0 Å². The van der Waals surface area contributed by atoms with Gasteiger partial charge in [-0.1, -0.05) is 0 Å². The van der Waals surface area contributed by atoms with Crippen LogP contribution in [0.15, 0.2) is 0 Å². The number of thioether (sulfide) groups is 1. The van der Waals surface area contributed by atoms with E-state index >= 15 is 0 Å². The summed E-state index contributed by atoms with van der Waals surface area (Å²) >= 11 is 1.55. The van der Waals surface area contributed by atoms with E-state index in [1.54, 1.807) is 11.8 Å². The third kappa shape index (κ3) is 3.70. The number of carboxylic acid groups (broad SMARTS) is 1. The lowest BCUT2D eigenvalue weighted by Gasteiger charge is -2.15. The van der Waals surface area contributed by atoms with Crippen LogP contribution in [0, 0.1) is 0 Å².